The summed E-state index contributed by atoms with van der Waals surface area (Å²) in [5.74, 6) is 0. The molecule has 0 saturated heterocycles. The summed E-state index contributed by atoms with van der Waals surface area (Å²) >= 11 is 0. The molecule has 0 bridgehead atoms. The van der Waals surface area contributed by atoms with E-state index in [1.165, 1.54) is 34.0 Å². The molecule has 2 rings (SSSR count). The van der Waals surface area contributed by atoms with E-state index in [9.17, 15) is 10.4 Å². The van der Waals surface area contributed by atoms with Crippen molar-refractivity contribution in [1.82, 2.24) is 0 Å². The standard InChI is InChI=1S/C10H8N2O2S2.Ba.H2O4S/c13-11-7-3-1-5-9(11)15-16-10-6-2-4-8-12(10)14;;1-5(2,3)4/h1-8H;;(H2,1,2,3,4)/q;+2;/p-2. The predicted octanol–water partition coefficient (Wildman–Crippen LogP) is 0.0340. The van der Waals surface area contributed by atoms with Crippen molar-refractivity contribution < 1.29 is 27.0 Å². The van der Waals surface area contributed by atoms with E-state index < -0.39 is 10.4 Å². The second kappa shape index (κ2) is 10.7. The van der Waals surface area contributed by atoms with Gasteiger partial charge in [-0.2, -0.15) is 9.46 Å². The minimum absolute atomic E-state index is 0. The molecule has 22 heavy (non-hydrogen) atoms. The van der Waals surface area contributed by atoms with Crippen LogP contribution in [0.25, 0.3) is 0 Å². The topological polar surface area (TPSA) is 134 Å². The Bertz CT molecular complexity index is 647. The number of nitrogens with zero attached hydrogens (tertiary/aromatic N) is 2. The number of hydrogen-bond acceptors (Lipinski definition) is 8. The Morgan fingerprint density at radius 2 is 1.14 bits per heavy atom. The summed E-state index contributed by atoms with van der Waals surface area (Å²) in [6, 6.07) is 10.3. The maximum absolute atomic E-state index is 11.3. The monoisotopic (exact) mass is 486 g/mol. The molecule has 0 aromatic carbocycles. The summed E-state index contributed by atoms with van der Waals surface area (Å²) < 4.78 is 35.6. The molecule has 0 spiro atoms. The molecule has 2 aromatic rings. The second-order valence-corrected chi connectivity index (χ2v) is 6.29. The van der Waals surface area contributed by atoms with Gasteiger partial charge < -0.3 is 19.5 Å². The zero-order valence-electron chi connectivity index (χ0n) is 10.9. The zero-order chi connectivity index (χ0) is 15.9. The van der Waals surface area contributed by atoms with Crippen LogP contribution in [0.4, 0.5) is 0 Å². The molecular formula is C10H8BaN2O6S3. The van der Waals surface area contributed by atoms with Gasteiger partial charge in [-0.3, -0.25) is 8.42 Å². The van der Waals surface area contributed by atoms with Crippen LogP contribution < -0.4 is 9.46 Å². The fourth-order valence-corrected chi connectivity index (χ4v) is 3.03. The fourth-order valence-electron chi connectivity index (χ4n) is 1.04. The molecule has 0 fully saturated rings. The quantitative estimate of drug-likeness (QED) is 0.148. The Labute approximate surface area is 175 Å². The molecule has 0 saturated carbocycles. The third kappa shape index (κ3) is 9.94. The first-order chi connectivity index (χ1) is 9.77. The average molecular weight is 486 g/mol. The maximum Gasteiger partial charge on any atom is 2.00 e. The molecule has 0 aliphatic rings. The van der Waals surface area contributed by atoms with Crippen molar-refractivity contribution in [3.8, 4) is 0 Å². The van der Waals surface area contributed by atoms with E-state index in [0.29, 0.717) is 10.1 Å². The van der Waals surface area contributed by atoms with Crippen molar-refractivity contribution in [2.24, 2.45) is 0 Å². The molecule has 0 aliphatic carbocycles. The molecule has 0 unspecified atom stereocenters. The summed E-state index contributed by atoms with van der Waals surface area (Å²) in [5, 5.41) is 23.8. The Morgan fingerprint density at radius 1 is 0.818 bits per heavy atom. The van der Waals surface area contributed by atoms with E-state index in [1.807, 2.05) is 0 Å². The zero-order valence-corrected chi connectivity index (χ0v) is 17.8. The van der Waals surface area contributed by atoms with Gasteiger partial charge in [-0.1, -0.05) is 0 Å². The Balaban J connectivity index is 0.000000644. The van der Waals surface area contributed by atoms with Gasteiger partial charge in [0.2, 0.25) is 0 Å². The SMILES string of the molecule is O=S(=O)([O-])[O-].[Ba+2].[O-][n+]1ccccc1SSc1cccc[n+]1[O-]. The predicted molar refractivity (Wildman–Crippen MR) is 78.7 cm³/mol. The third-order valence-electron chi connectivity index (χ3n) is 1.79. The van der Waals surface area contributed by atoms with Gasteiger partial charge in [0, 0.05) is 56.3 Å². The van der Waals surface area contributed by atoms with Crippen molar-refractivity contribution in [2.75, 3.05) is 0 Å². The molecule has 114 valence electrons. The van der Waals surface area contributed by atoms with Crippen LogP contribution in [0.1, 0.15) is 0 Å². The first kappa shape index (κ1) is 22.0. The molecule has 2 heterocycles. The van der Waals surface area contributed by atoms with E-state index in [0.717, 1.165) is 9.46 Å². The largest absolute Gasteiger partial charge is 2.00 e. The van der Waals surface area contributed by atoms with Crippen LogP contribution in [-0.4, -0.2) is 66.4 Å². The Hall–Kier alpha value is 0.0414. The van der Waals surface area contributed by atoms with Crippen LogP contribution in [-0.2, 0) is 10.4 Å². The van der Waals surface area contributed by atoms with Gasteiger partial charge in [0.15, 0.2) is 12.4 Å². The van der Waals surface area contributed by atoms with Crippen LogP contribution in [0, 0.1) is 10.4 Å². The smallest absolute Gasteiger partial charge is 0.759 e. The molecule has 12 heteroatoms. The van der Waals surface area contributed by atoms with Crippen molar-refractivity contribution in [3.63, 3.8) is 0 Å². The molecule has 8 nitrogen and oxygen atoms in total. The number of aromatic nitrogens is 2. The fraction of sp³-hybridized carbons (Fsp3) is 0. The number of hydrogen-bond donors (Lipinski definition) is 0. The van der Waals surface area contributed by atoms with Gasteiger partial charge in [0.25, 0.3) is 10.1 Å². The number of rotatable bonds is 3. The average Bonchev–Trinajstić information content (AvgIpc) is 2.37. The maximum atomic E-state index is 11.3. The van der Waals surface area contributed by atoms with E-state index >= 15 is 0 Å². The molecule has 2 aromatic heterocycles. The van der Waals surface area contributed by atoms with Gasteiger partial charge in [0.1, 0.15) is 0 Å². The van der Waals surface area contributed by atoms with Crippen LogP contribution in [0.3, 0.4) is 0 Å². The van der Waals surface area contributed by atoms with Crippen LogP contribution in [0.5, 0.6) is 0 Å². The van der Waals surface area contributed by atoms with Crippen LogP contribution >= 0.6 is 21.6 Å². The Morgan fingerprint density at radius 3 is 1.41 bits per heavy atom. The van der Waals surface area contributed by atoms with E-state index in [1.54, 1.807) is 36.4 Å². The van der Waals surface area contributed by atoms with Gasteiger partial charge >= 0.3 is 48.9 Å². The summed E-state index contributed by atoms with van der Waals surface area (Å²) in [6.07, 6.45) is 2.86. The van der Waals surface area contributed by atoms with E-state index in [4.69, 9.17) is 17.5 Å². The van der Waals surface area contributed by atoms with Gasteiger partial charge in [-0.15, -0.1) is 0 Å². The minimum Gasteiger partial charge on any atom is -0.759 e. The molecule has 0 aliphatic heterocycles. The normalized spacial score (nSPS) is 10.1. The summed E-state index contributed by atoms with van der Waals surface area (Å²) in [4.78, 5) is 0. The second-order valence-electron chi connectivity index (χ2n) is 3.30. The van der Waals surface area contributed by atoms with Crippen LogP contribution in [0.15, 0.2) is 58.8 Å². The molecule has 0 radical (unpaired) electrons. The van der Waals surface area contributed by atoms with Gasteiger partial charge in [0.05, 0.1) is 0 Å². The van der Waals surface area contributed by atoms with Crippen LogP contribution in [0.2, 0.25) is 0 Å². The number of pyridine rings is 2. The molecular weight excluding hydrogens is 478 g/mol. The summed E-state index contributed by atoms with van der Waals surface area (Å²) in [6.45, 7) is 0. The first-order valence-electron chi connectivity index (χ1n) is 5.15. The van der Waals surface area contributed by atoms with Crippen molar-refractivity contribution in [2.45, 2.75) is 10.1 Å². The molecule has 0 N–H and O–H groups in total. The summed E-state index contributed by atoms with van der Waals surface area (Å²) in [7, 11) is -2.65. The summed E-state index contributed by atoms with van der Waals surface area (Å²) in [5.41, 5.74) is 0. The Kier molecular flexibility index (Phi) is 10.8. The van der Waals surface area contributed by atoms with E-state index in [2.05, 4.69) is 0 Å². The molecule has 0 atom stereocenters. The first-order valence-corrected chi connectivity index (χ1v) is 8.63. The minimum atomic E-state index is -5.17. The van der Waals surface area contributed by atoms with Gasteiger partial charge in [-0.05, 0) is 12.1 Å². The van der Waals surface area contributed by atoms with Crippen molar-refractivity contribution in [1.29, 1.82) is 0 Å². The van der Waals surface area contributed by atoms with E-state index in [-0.39, 0.29) is 48.9 Å². The van der Waals surface area contributed by atoms with Crippen molar-refractivity contribution in [3.05, 3.63) is 59.2 Å². The third-order valence-corrected chi connectivity index (χ3v) is 4.12. The molecule has 0 amide bonds. The van der Waals surface area contributed by atoms with Crippen molar-refractivity contribution >= 4 is 80.9 Å². The van der Waals surface area contributed by atoms with Gasteiger partial charge in [-0.25, -0.2) is 0 Å².